The molecule has 0 aliphatic rings. The lowest BCUT2D eigenvalue weighted by molar-refractivity contribution is -0.163. The zero-order valence-electron chi connectivity index (χ0n) is 41.8. The zero-order chi connectivity index (χ0) is 46.3. The van der Waals surface area contributed by atoms with Gasteiger partial charge in [-0.15, -0.1) is 0 Å². The van der Waals surface area contributed by atoms with Gasteiger partial charge in [-0.3, -0.25) is 9.59 Å². The van der Waals surface area contributed by atoms with Gasteiger partial charge in [-0.05, 0) is 122 Å². The van der Waals surface area contributed by atoms with Crippen molar-refractivity contribution in [3.05, 3.63) is 109 Å². The Bertz CT molecular complexity index is 1280. The minimum Gasteiger partial charge on any atom is -0.462 e. The van der Waals surface area contributed by atoms with Crippen LogP contribution in [0.5, 0.6) is 0 Å². The Hall–Kier alpha value is -3.44. The molecule has 0 heterocycles. The van der Waals surface area contributed by atoms with Crippen LogP contribution < -0.4 is 0 Å². The summed E-state index contributed by atoms with van der Waals surface area (Å²) in [4.78, 5) is 25.4. The van der Waals surface area contributed by atoms with Crippen molar-refractivity contribution in [1.29, 1.82) is 0 Å². The van der Waals surface area contributed by atoms with Crippen molar-refractivity contribution in [3.8, 4) is 0 Å². The van der Waals surface area contributed by atoms with Crippen LogP contribution in [-0.2, 0) is 23.8 Å². The van der Waals surface area contributed by atoms with Gasteiger partial charge in [0.15, 0.2) is 6.10 Å². The van der Waals surface area contributed by atoms with Gasteiger partial charge in [-0.2, -0.15) is 0 Å². The standard InChI is InChI=1S/C59H98O5/c1-4-7-10-13-16-19-22-25-28-30-32-34-37-40-43-46-49-52-58(60)63-56-57(55-62-54-51-48-45-42-39-36-33-29-26-23-20-17-14-11-8-5-2)64-59(61)53-50-47-44-41-38-35-31-27-24-21-18-15-12-9-6-3/h8-9,11-12,17-18,20-21,25-29,31,36,38-39,41,57H,4-7,10,13-16,19,22-24,30,32-35,37,40,42-56H2,1-3H3/b11-8-,12-9-,20-17-,21-18-,28-25-,29-26-,31-27-,39-36-,41-38-. The fraction of sp³-hybridized carbons (Fsp3) is 0.661. The highest BCUT2D eigenvalue weighted by Crippen LogP contribution is 2.13. The van der Waals surface area contributed by atoms with Gasteiger partial charge in [0.25, 0.3) is 0 Å². The molecule has 0 bridgehead atoms. The molecule has 0 aliphatic heterocycles. The Morgan fingerprint density at radius 2 is 0.703 bits per heavy atom. The summed E-state index contributed by atoms with van der Waals surface area (Å²) in [6, 6.07) is 0. The van der Waals surface area contributed by atoms with Crippen LogP contribution in [0.15, 0.2) is 109 Å². The maximum Gasteiger partial charge on any atom is 0.306 e. The zero-order valence-corrected chi connectivity index (χ0v) is 41.8. The second-order valence-corrected chi connectivity index (χ2v) is 17.0. The second kappa shape index (κ2) is 53.9. The van der Waals surface area contributed by atoms with E-state index in [0.717, 1.165) is 116 Å². The summed E-state index contributed by atoms with van der Waals surface area (Å²) in [6.45, 7) is 7.47. The van der Waals surface area contributed by atoms with E-state index >= 15 is 0 Å². The maximum absolute atomic E-state index is 12.8. The summed E-state index contributed by atoms with van der Waals surface area (Å²) in [6.07, 6.45) is 73.9. The number of rotatable bonds is 47. The van der Waals surface area contributed by atoms with E-state index in [4.69, 9.17) is 14.2 Å². The smallest absolute Gasteiger partial charge is 0.306 e. The third kappa shape index (κ3) is 51.2. The van der Waals surface area contributed by atoms with Crippen molar-refractivity contribution in [2.75, 3.05) is 19.8 Å². The molecule has 0 aromatic heterocycles. The van der Waals surface area contributed by atoms with E-state index in [2.05, 4.69) is 130 Å². The van der Waals surface area contributed by atoms with Gasteiger partial charge in [0.05, 0.1) is 6.61 Å². The third-order valence-electron chi connectivity index (χ3n) is 10.8. The summed E-state index contributed by atoms with van der Waals surface area (Å²) in [5, 5.41) is 0. The number of unbranched alkanes of at least 4 members (excludes halogenated alkanes) is 18. The van der Waals surface area contributed by atoms with E-state index in [9.17, 15) is 9.59 Å². The highest BCUT2D eigenvalue weighted by Gasteiger charge is 2.17. The van der Waals surface area contributed by atoms with Crippen LogP contribution >= 0.6 is 0 Å². The molecule has 0 radical (unpaired) electrons. The molecule has 0 rings (SSSR count). The van der Waals surface area contributed by atoms with Gasteiger partial charge in [-0.25, -0.2) is 0 Å². The fourth-order valence-electron chi connectivity index (χ4n) is 6.90. The first-order chi connectivity index (χ1) is 31.6. The SMILES string of the molecule is CC/C=C\C/C=C\C/C=C\C/C=C\CCCCCOCC(COC(=O)CCCCCCCCC/C=C\CCCCCCCC)OC(=O)CCCC/C=C\C/C=C\C/C=C\C/C=C\CC. The van der Waals surface area contributed by atoms with Gasteiger partial charge in [-0.1, -0.05) is 201 Å². The predicted molar refractivity (Wildman–Crippen MR) is 279 cm³/mol. The van der Waals surface area contributed by atoms with Crippen molar-refractivity contribution in [1.82, 2.24) is 0 Å². The number of hydrogen-bond donors (Lipinski definition) is 0. The van der Waals surface area contributed by atoms with Crippen molar-refractivity contribution in [3.63, 3.8) is 0 Å². The molecule has 1 atom stereocenters. The summed E-state index contributed by atoms with van der Waals surface area (Å²) in [5.74, 6) is -0.473. The van der Waals surface area contributed by atoms with Crippen LogP contribution in [0.4, 0.5) is 0 Å². The van der Waals surface area contributed by atoms with Crippen LogP contribution in [-0.4, -0.2) is 37.9 Å². The lowest BCUT2D eigenvalue weighted by Crippen LogP contribution is -2.30. The number of carbonyl (C=O) groups excluding carboxylic acids is 2. The number of hydrogen-bond acceptors (Lipinski definition) is 5. The molecule has 0 spiro atoms. The molecule has 5 heteroatoms. The average Bonchev–Trinajstić information content (AvgIpc) is 3.30. The Morgan fingerprint density at radius 1 is 0.359 bits per heavy atom. The number of carbonyl (C=O) groups is 2. The Labute approximate surface area is 395 Å². The van der Waals surface area contributed by atoms with E-state index < -0.39 is 6.10 Å². The lowest BCUT2D eigenvalue weighted by atomic mass is 10.1. The summed E-state index contributed by atoms with van der Waals surface area (Å²) < 4.78 is 17.3. The van der Waals surface area contributed by atoms with Crippen molar-refractivity contribution in [2.45, 2.75) is 232 Å². The molecular formula is C59H98O5. The Morgan fingerprint density at radius 3 is 1.17 bits per heavy atom. The van der Waals surface area contributed by atoms with E-state index in [-0.39, 0.29) is 25.2 Å². The van der Waals surface area contributed by atoms with Crippen molar-refractivity contribution >= 4 is 11.9 Å². The molecule has 0 fully saturated rings. The summed E-state index contributed by atoms with van der Waals surface area (Å²) >= 11 is 0. The minimum atomic E-state index is -0.583. The quantitative estimate of drug-likeness (QED) is 0.0346. The van der Waals surface area contributed by atoms with Gasteiger partial charge in [0.1, 0.15) is 6.61 Å². The highest BCUT2D eigenvalue weighted by molar-refractivity contribution is 5.70. The summed E-state index contributed by atoms with van der Waals surface area (Å²) in [7, 11) is 0. The van der Waals surface area contributed by atoms with Gasteiger partial charge < -0.3 is 14.2 Å². The van der Waals surface area contributed by atoms with Crippen molar-refractivity contribution < 1.29 is 23.8 Å². The molecule has 0 aromatic carbocycles. The second-order valence-electron chi connectivity index (χ2n) is 17.0. The van der Waals surface area contributed by atoms with E-state index in [1.54, 1.807) is 0 Å². The first-order valence-electron chi connectivity index (χ1n) is 26.4. The topological polar surface area (TPSA) is 61.8 Å². The largest absolute Gasteiger partial charge is 0.462 e. The molecule has 0 saturated carbocycles. The van der Waals surface area contributed by atoms with E-state index in [1.165, 1.54) is 77.0 Å². The summed E-state index contributed by atoms with van der Waals surface area (Å²) in [5.41, 5.74) is 0. The fourth-order valence-corrected chi connectivity index (χ4v) is 6.90. The molecule has 1 unspecified atom stereocenters. The van der Waals surface area contributed by atoms with Crippen LogP contribution in [0.2, 0.25) is 0 Å². The first kappa shape index (κ1) is 60.6. The Balaban J connectivity index is 4.41. The number of ether oxygens (including phenoxy) is 3. The van der Waals surface area contributed by atoms with E-state index in [0.29, 0.717) is 19.4 Å². The normalized spacial score (nSPS) is 13.1. The number of esters is 2. The number of allylic oxidation sites excluding steroid dienone is 18. The third-order valence-corrected chi connectivity index (χ3v) is 10.8. The van der Waals surface area contributed by atoms with Gasteiger partial charge in [0.2, 0.25) is 0 Å². The van der Waals surface area contributed by atoms with Crippen LogP contribution in [0.1, 0.15) is 226 Å². The molecule has 0 aliphatic carbocycles. The molecule has 5 nitrogen and oxygen atoms in total. The first-order valence-corrected chi connectivity index (χ1v) is 26.4. The predicted octanol–water partition coefficient (Wildman–Crippen LogP) is 18.0. The molecule has 0 aromatic rings. The molecule has 0 saturated heterocycles. The molecule has 364 valence electrons. The van der Waals surface area contributed by atoms with Crippen LogP contribution in [0, 0.1) is 0 Å². The van der Waals surface area contributed by atoms with Gasteiger partial charge >= 0.3 is 11.9 Å². The van der Waals surface area contributed by atoms with Gasteiger partial charge in [0, 0.05) is 19.4 Å². The molecule has 0 amide bonds. The Kier molecular flexibility index (Phi) is 51.0. The molecular weight excluding hydrogens is 789 g/mol. The average molecular weight is 887 g/mol. The van der Waals surface area contributed by atoms with Crippen molar-refractivity contribution in [2.24, 2.45) is 0 Å². The molecule has 0 N–H and O–H groups in total. The van der Waals surface area contributed by atoms with Crippen LogP contribution in [0.25, 0.3) is 0 Å². The van der Waals surface area contributed by atoms with Crippen LogP contribution in [0.3, 0.4) is 0 Å². The minimum absolute atomic E-state index is 0.0474. The lowest BCUT2D eigenvalue weighted by Gasteiger charge is -2.18. The van der Waals surface area contributed by atoms with E-state index in [1.807, 2.05) is 0 Å². The highest BCUT2D eigenvalue weighted by atomic mass is 16.6. The maximum atomic E-state index is 12.8. The monoisotopic (exact) mass is 887 g/mol. The molecule has 64 heavy (non-hydrogen) atoms.